The minimum atomic E-state index is 0.0185. The van der Waals surface area contributed by atoms with Crippen molar-refractivity contribution in [3.63, 3.8) is 0 Å². The van der Waals surface area contributed by atoms with Gasteiger partial charge in [-0.15, -0.1) is 0 Å². The summed E-state index contributed by atoms with van der Waals surface area (Å²) >= 11 is 0. The lowest BCUT2D eigenvalue weighted by Gasteiger charge is -2.20. The van der Waals surface area contributed by atoms with Crippen LogP contribution in [0.15, 0.2) is 36.4 Å². The molecule has 0 bridgehead atoms. The Morgan fingerprint density at radius 3 is 1.46 bits per heavy atom. The predicted octanol–water partition coefficient (Wildman–Crippen LogP) is 1.74. The maximum atomic E-state index is 6.63. The molecule has 0 aliphatic carbocycles. The monoisotopic (exact) mass is 642 g/mol. The molecule has 0 spiro atoms. The molecule has 262 valence electrons. The van der Waals surface area contributed by atoms with Crippen molar-refractivity contribution in [1.82, 2.24) is 16.0 Å². The number of ether oxygens (including phenoxy) is 1. The van der Waals surface area contributed by atoms with Crippen LogP contribution in [0.3, 0.4) is 0 Å². The molecule has 10 heteroatoms. The summed E-state index contributed by atoms with van der Waals surface area (Å²) in [5.74, 6) is 0.898. The molecule has 3 atom stereocenters. The highest BCUT2D eigenvalue weighted by atomic mass is 16.5. The van der Waals surface area contributed by atoms with E-state index in [0.717, 1.165) is 114 Å². The first-order valence-electron chi connectivity index (χ1n) is 17.7. The molecule has 0 saturated carbocycles. The van der Waals surface area contributed by atoms with Crippen LogP contribution in [0.25, 0.3) is 11.1 Å². The fraction of sp³-hybridized carbons (Fsp3) is 0.667. The van der Waals surface area contributed by atoms with Crippen molar-refractivity contribution in [3.8, 4) is 16.9 Å². The zero-order valence-corrected chi connectivity index (χ0v) is 28.9. The molecule has 0 heterocycles. The van der Waals surface area contributed by atoms with Gasteiger partial charge in [0, 0.05) is 18.1 Å². The summed E-state index contributed by atoms with van der Waals surface area (Å²) in [6, 6.07) is 13.5. The largest absolute Gasteiger partial charge is 0.491 e. The number of nitrogens with one attached hydrogen (secondary N) is 3. The second-order valence-electron chi connectivity index (χ2n) is 13.0. The van der Waals surface area contributed by atoms with Gasteiger partial charge in [0.1, 0.15) is 5.75 Å². The zero-order chi connectivity index (χ0) is 33.6. The molecule has 46 heavy (non-hydrogen) atoms. The smallest absolute Gasteiger partial charge is 0.122 e. The van der Waals surface area contributed by atoms with Crippen LogP contribution in [0, 0.1) is 0 Å². The van der Waals surface area contributed by atoms with Crippen molar-refractivity contribution < 1.29 is 4.74 Å². The van der Waals surface area contributed by atoms with Gasteiger partial charge in [0.25, 0.3) is 0 Å². The van der Waals surface area contributed by atoms with Gasteiger partial charge in [0.2, 0.25) is 0 Å². The Morgan fingerprint density at radius 1 is 0.565 bits per heavy atom. The van der Waals surface area contributed by atoms with Crippen LogP contribution in [0.1, 0.15) is 69.1 Å². The van der Waals surface area contributed by atoms with Gasteiger partial charge in [-0.3, -0.25) is 0 Å². The van der Waals surface area contributed by atoms with Gasteiger partial charge in [-0.1, -0.05) is 24.3 Å². The summed E-state index contributed by atoms with van der Waals surface area (Å²) < 4.78 is 6.23. The van der Waals surface area contributed by atoms with E-state index in [9.17, 15) is 0 Å². The third-order valence-corrected chi connectivity index (χ3v) is 8.04. The van der Waals surface area contributed by atoms with Gasteiger partial charge in [-0.2, -0.15) is 0 Å². The van der Waals surface area contributed by atoms with Gasteiger partial charge in [-0.05, 0) is 170 Å². The molecule has 0 amide bonds. The van der Waals surface area contributed by atoms with Crippen molar-refractivity contribution in [1.29, 1.82) is 0 Å². The first kappa shape index (κ1) is 40.1. The lowest BCUT2D eigenvalue weighted by molar-refractivity contribution is 0.239. The van der Waals surface area contributed by atoms with Crippen LogP contribution in [-0.4, -0.2) is 83.1 Å². The van der Waals surface area contributed by atoms with Crippen molar-refractivity contribution >= 4 is 0 Å². The molecule has 10 nitrogen and oxygen atoms in total. The van der Waals surface area contributed by atoms with Gasteiger partial charge in [0.15, 0.2) is 0 Å². The van der Waals surface area contributed by atoms with Gasteiger partial charge < -0.3 is 55.1 Å². The Morgan fingerprint density at radius 2 is 1.02 bits per heavy atom. The van der Waals surface area contributed by atoms with Crippen LogP contribution in [-0.2, 0) is 19.3 Å². The first-order chi connectivity index (χ1) is 22.2. The molecule has 2 rings (SSSR count). The normalized spacial score (nSPS) is 13.7. The van der Waals surface area contributed by atoms with Crippen molar-refractivity contribution in [2.75, 3.05) is 58.9 Å². The molecule has 0 aliphatic rings. The maximum Gasteiger partial charge on any atom is 0.122 e. The summed E-state index contributed by atoms with van der Waals surface area (Å²) in [4.78, 5) is 0. The first-order valence-corrected chi connectivity index (χ1v) is 17.7. The summed E-state index contributed by atoms with van der Waals surface area (Å²) in [5.41, 5.74) is 42.7. The minimum Gasteiger partial charge on any atom is -0.491 e. The molecule has 0 aliphatic heterocycles. The van der Waals surface area contributed by atoms with Crippen LogP contribution >= 0.6 is 0 Å². The van der Waals surface area contributed by atoms with Crippen molar-refractivity contribution in [2.45, 2.75) is 95.9 Å². The minimum absolute atomic E-state index is 0.0185. The van der Waals surface area contributed by atoms with E-state index in [1.54, 1.807) is 0 Å². The molecule has 0 aromatic heterocycles. The summed E-state index contributed by atoms with van der Waals surface area (Å²) in [6.45, 7) is 11.6. The molecule has 0 fully saturated rings. The topological polar surface area (TPSA) is 201 Å². The summed E-state index contributed by atoms with van der Waals surface area (Å²) in [7, 11) is 0. The van der Waals surface area contributed by atoms with E-state index in [-0.39, 0.29) is 24.2 Å². The average molecular weight is 642 g/mol. The SMILES string of the molecule is CC(C)Oc1ccc(-c2cc(CC(N)CCNCCCN)cc(CC(N)CCNCCCN)c2)cc1CC(N)CCNCCCN. The molecular weight excluding hydrogens is 574 g/mol. The molecule has 2 aromatic rings. The highest BCUT2D eigenvalue weighted by molar-refractivity contribution is 5.67. The highest BCUT2D eigenvalue weighted by Crippen LogP contribution is 2.30. The third-order valence-electron chi connectivity index (χ3n) is 8.04. The average Bonchev–Trinajstić information content (AvgIpc) is 3.01. The van der Waals surface area contributed by atoms with E-state index in [2.05, 4.69) is 66.2 Å². The van der Waals surface area contributed by atoms with E-state index in [4.69, 9.17) is 39.1 Å². The molecule has 0 saturated heterocycles. The number of rotatable bonds is 27. The van der Waals surface area contributed by atoms with Gasteiger partial charge in [0.05, 0.1) is 6.10 Å². The molecule has 3 unspecified atom stereocenters. The highest BCUT2D eigenvalue weighted by Gasteiger charge is 2.15. The third kappa shape index (κ3) is 17.2. The van der Waals surface area contributed by atoms with Gasteiger partial charge >= 0.3 is 0 Å². The Hall–Kier alpha value is -2.12. The standard InChI is InChI=1S/C36H67N9O/c1-27(2)46-36-7-6-30(25-32(36)26-35(42)10-19-45-16-5-13-39)31-21-28(23-33(40)8-17-43-14-3-11-37)20-29(22-31)24-34(41)9-18-44-15-4-12-38/h6-7,20-22,25,27,33-35,43-45H,3-5,8-19,23-24,26,37-42H2,1-2H3. The maximum absolute atomic E-state index is 6.63. The van der Waals surface area contributed by atoms with Gasteiger partial charge in [-0.25, -0.2) is 0 Å². The number of hydrogen-bond acceptors (Lipinski definition) is 10. The molecule has 15 N–H and O–H groups in total. The Bertz CT molecular complexity index is 1030. The fourth-order valence-electron chi connectivity index (χ4n) is 5.57. The zero-order valence-electron chi connectivity index (χ0n) is 28.9. The lowest BCUT2D eigenvalue weighted by Crippen LogP contribution is -2.30. The van der Waals surface area contributed by atoms with E-state index < -0.39 is 0 Å². The predicted molar refractivity (Wildman–Crippen MR) is 196 cm³/mol. The number of nitrogens with two attached hydrogens (primary N) is 6. The van der Waals surface area contributed by atoms with Crippen LogP contribution < -0.4 is 55.1 Å². The quantitative estimate of drug-likeness (QED) is 0.0647. The molecular formula is C36H67N9O. The number of benzene rings is 2. The van der Waals surface area contributed by atoms with Crippen LogP contribution in [0.2, 0.25) is 0 Å². The van der Waals surface area contributed by atoms with Crippen molar-refractivity contribution in [2.24, 2.45) is 34.4 Å². The van der Waals surface area contributed by atoms with Crippen molar-refractivity contribution in [3.05, 3.63) is 53.1 Å². The fourth-order valence-corrected chi connectivity index (χ4v) is 5.57. The molecule has 0 radical (unpaired) electrons. The Kier molecular flexibility index (Phi) is 21.0. The number of hydrogen-bond donors (Lipinski definition) is 9. The summed E-state index contributed by atoms with van der Waals surface area (Å²) in [5, 5.41) is 10.3. The Balaban J connectivity index is 2.28. The second kappa shape index (κ2) is 24.1. The Labute approximate surface area is 279 Å². The summed E-state index contributed by atoms with van der Waals surface area (Å²) in [6.07, 6.45) is 8.04. The lowest BCUT2D eigenvalue weighted by atomic mass is 9.91. The van der Waals surface area contributed by atoms with Crippen LogP contribution in [0.5, 0.6) is 5.75 Å². The van der Waals surface area contributed by atoms with E-state index in [1.165, 1.54) is 16.7 Å². The van der Waals surface area contributed by atoms with E-state index in [0.29, 0.717) is 19.6 Å². The van der Waals surface area contributed by atoms with Crippen LogP contribution in [0.4, 0.5) is 0 Å². The van der Waals surface area contributed by atoms with E-state index >= 15 is 0 Å². The molecule has 2 aromatic carbocycles. The second-order valence-corrected chi connectivity index (χ2v) is 13.0. The van der Waals surface area contributed by atoms with E-state index in [1.807, 2.05) is 0 Å².